The molecule has 1 saturated heterocycles. The molecule has 0 radical (unpaired) electrons. The third kappa shape index (κ3) is 1.70. The highest BCUT2D eigenvalue weighted by molar-refractivity contribution is 5.53. The molecule has 1 aromatic carbocycles. The zero-order valence-corrected chi connectivity index (χ0v) is 13.8. The number of benzene rings is 1. The van der Waals surface area contributed by atoms with Crippen LogP contribution in [0.4, 0.5) is 0 Å². The molecule has 1 aromatic rings. The van der Waals surface area contributed by atoms with Crippen LogP contribution in [0.2, 0.25) is 0 Å². The Hall–Kier alpha value is -1.68. The average molecular weight is 313 g/mol. The van der Waals surface area contributed by atoms with Gasteiger partial charge in [-0.05, 0) is 55.1 Å². The summed E-state index contributed by atoms with van der Waals surface area (Å²) < 4.78 is 17.0. The van der Waals surface area contributed by atoms with Gasteiger partial charge in [-0.1, -0.05) is 6.92 Å². The quantitative estimate of drug-likeness (QED) is 0.797. The number of ether oxygens (including phenoxy) is 3. The van der Waals surface area contributed by atoms with Crippen molar-refractivity contribution in [2.24, 2.45) is 5.92 Å². The van der Waals surface area contributed by atoms with Crippen LogP contribution in [-0.2, 0) is 11.2 Å². The molecule has 0 unspecified atom stereocenters. The summed E-state index contributed by atoms with van der Waals surface area (Å²) in [5.41, 5.74) is 2.99. The van der Waals surface area contributed by atoms with Gasteiger partial charge in [0, 0.05) is 18.4 Å². The van der Waals surface area contributed by atoms with Crippen molar-refractivity contribution < 1.29 is 14.2 Å². The van der Waals surface area contributed by atoms with Gasteiger partial charge in [-0.15, -0.1) is 0 Å². The number of hydrogen-bond acceptors (Lipinski definition) is 4. The van der Waals surface area contributed by atoms with Crippen LogP contribution in [0.3, 0.4) is 0 Å². The summed E-state index contributed by atoms with van der Waals surface area (Å²) in [7, 11) is 1.81. The lowest BCUT2D eigenvalue weighted by molar-refractivity contribution is 0.154. The van der Waals surface area contributed by atoms with Crippen molar-refractivity contribution in [2.75, 3.05) is 27.0 Å². The molecule has 0 amide bonds. The fraction of sp³-hybridized carbons (Fsp3) is 0.579. The molecule has 4 nitrogen and oxygen atoms in total. The molecule has 3 heterocycles. The maximum Gasteiger partial charge on any atom is 0.231 e. The van der Waals surface area contributed by atoms with Gasteiger partial charge in [0.25, 0.3) is 0 Å². The molecule has 0 N–H and O–H groups in total. The Labute approximate surface area is 137 Å². The first-order chi connectivity index (χ1) is 11.2. The molecule has 3 atom stereocenters. The van der Waals surface area contributed by atoms with Crippen LogP contribution < -0.4 is 9.47 Å². The second-order valence-corrected chi connectivity index (χ2v) is 7.25. The summed E-state index contributed by atoms with van der Waals surface area (Å²) in [5, 5.41) is 0. The van der Waals surface area contributed by atoms with Crippen molar-refractivity contribution in [3.05, 3.63) is 35.1 Å². The van der Waals surface area contributed by atoms with Crippen molar-refractivity contribution >= 4 is 0 Å². The van der Waals surface area contributed by atoms with Gasteiger partial charge in [-0.2, -0.15) is 0 Å². The van der Waals surface area contributed by atoms with Gasteiger partial charge in [0.2, 0.25) is 6.79 Å². The zero-order valence-electron chi connectivity index (χ0n) is 13.8. The summed E-state index contributed by atoms with van der Waals surface area (Å²) in [6, 6.07) is 4.46. The van der Waals surface area contributed by atoms with E-state index in [0.717, 1.165) is 30.2 Å². The lowest BCUT2D eigenvalue weighted by Crippen LogP contribution is -2.45. The number of methoxy groups -OCH3 is 1. The first kappa shape index (κ1) is 13.7. The van der Waals surface area contributed by atoms with Crippen molar-refractivity contribution in [3.63, 3.8) is 0 Å². The molecule has 5 rings (SSSR count). The van der Waals surface area contributed by atoms with Crippen LogP contribution in [0, 0.1) is 5.92 Å². The van der Waals surface area contributed by atoms with Gasteiger partial charge < -0.3 is 14.2 Å². The molecule has 122 valence electrons. The number of allylic oxidation sites excluding steroid dienone is 1. The molecule has 4 heteroatoms. The highest BCUT2D eigenvalue weighted by Gasteiger charge is 2.55. The first-order valence-corrected chi connectivity index (χ1v) is 8.67. The molecule has 0 saturated carbocycles. The standard InChI is InChI=1S/C19H23NO3/c1-12-17(21-2)10-19-5-3-6-20(19)7-4-13-8-15-16(23-11-22-15)9-14(13)18(12)19/h8-10,12,18H,3-7,11H2,1-2H3/t12-,18+,19+/m1/s1. The van der Waals surface area contributed by atoms with E-state index in [-0.39, 0.29) is 5.54 Å². The van der Waals surface area contributed by atoms with Gasteiger partial charge in [-0.3, -0.25) is 4.90 Å². The van der Waals surface area contributed by atoms with Gasteiger partial charge in [-0.25, -0.2) is 0 Å². The maximum absolute atomic E-state index is 5.75. The lowest BCUT2D eigenvalue weighted by atomic mass is 9.75. The monoisotopic (exact) mass is 313 g/mol. The third-order valence-corrected chi connectivity index (χ3v) is 6.33. The van der Waals surface area contributed by atoms with E-state index in [4.69, 9.17) is 14.2 Å². The second-order valence-electron chi connectivity index (χ2n) is 7.25. The SMILES string of the molecule is COC1=C[C@]23CCCN2CCc2cc4c(cc2[C@@H]3[C@@H]1C)OCO4. The molecule has 0 aromatic heterocycles. The van der Waals surface area contributed by atoms with E-state index in [1.54, 1.807) is 0 Å². The number of hydrogen-bond donors (Lipinski definition) is 0. The predicted octanol–water partition coefficient (Wildman–Crippen LogP) is 3.07. The van der Waals surface area contributed by atoms with E-state index >= 15 is 0 Å². The molecule has 3 aliphatic heterocycles. The van der Waals surface area contributed by atoms with Gasteiger partial charge in [0.1, 0.15) is 0 Å². The minimum absolute atomic E-state index is 0.129. The molecule has 1 fully saturated rings. The Kier molecular flexibility index (Phi) is 2.79. The van der Waals surface area contributed by atoms with E-state index < -0.39 is 0 Å². The zero-order chi connectivity index (χ0) is 15.6. The van der Waals surface area contributed by atoms with Crippen molar-refractivity contribution in [1.82, 2.24) is 4.90 Å². The van der Waals surface area contributed by atoms with Crippen LogP contribution in [-0.4, -0.2) is 37.4 Å². The molecule has 0 bridgehead atoms. The van der Waals surface area contributed by atoms with Crippen molar-refractivity contribution in [3.8, 4) is 11.5 Å². The van der Waals surface area contributed by atoms with Gasteiger partial charge in [0.05, 0.1) is 18.4 Å². The van der Waals surface area contributed by atoms with Crippen LogP contribution in [0.1, 0.15) is 36.8 Å². The van der Waals surface area contributed by atoms with E-state index in [9.17, 15) is 0 Å². The van der Waals surface area contributed by atoms with Gasteiger partial charge in [0.15, 0.2) is 11.5 Å². The molecule has 1 spiro atoms. The van der Waals surface area contributed by atoms with E-state index in [2.05, 4.69) is 30.0 Å². The Morgan fingerprint density at radius 1 is 1.22 bits per heavy atom. The highest BCUT2D eigenvalue weighted by Crippen LogP contribution is 2.56. The molecular formula is C19H23NO3. The van der Waals surface area contributed by atoms with E-state index in [1.165, 1.54) is 30.5 Å². The highest BCUT2D eigenvalue weighted by atomic mass is 16.7. The first-order valence-electron chi connectivity index (χ1n) is 8.67. The number of rotatable bonds is 1. The molecule has 23 heavy (non-hydrogen) atoms. The van der Waals surface area contributed by atoms with Crippen molar-refractivity contribution in [1.29, 1.82) is 0 Å². The number of fused-ring (bicyclic) bond motifs is 3. The smallest absolute Gasteiger partial charge is 0.231 e. The predicted molar refractivity (Wildman–Crippen MR) is 86.8 cm³/mol. The third-order valence-electron chi connectivity index (χ3n) is 6.33. The normalized spacial score (nSPS) is 34.4. The van der Waals surface area contributed by atoms with Gasteiger partial charge >= 0.3 is 0 Å². The number of nitrogens with zero attached hydrogens (tertiary/aromatic N) is 1. The fourth-order valence-electron chi connectivity index (χ4n) is 5.36. The fourth-order valence-corrected chi connectivity index (χ4v) is 5.36. The minimum atomic E-state index is 0.129. The lowest BCUT2D eigenvalue weighted by Gasteiger charge is -2.39. The van der Waals surface area contributed by atoms with E-state index in [0.29, 0.717) is 18.6 Å². The average Bonchev–Trinajstić information content (AvgIpc) is 3.21. The van der Waals surface area contributed by atoms with Crippen LogP contribution in [0.15, 0.2) is 24.0 Å². The molecule has 1 aliphatic carbocycles. The largest absolute Gasteiger partial charge is 0.501 e. The Bertz CT molecular complexity index is 698. The summed E-state index contributed by atoms with van der Waals surface area (Å²) in [5.74, 6) is 3.81. The summed E-state index contributed by atoms with van der Waals surface area (Å²) in [6.07, 6.45) is 6.02. The van der Waals surface area contributed by atoms with Crippen LogP contribution in [0.5, 0.6) is 11.5 Å². The Morgan fingerprint density at radius 2 is 2.04 bits per heavy atom. The molecular weight excluding hydrogens is 290 g/mol. The summed E-state index contributed by atoms with van der Waals surface area (Å²) >= 11 is 0. The molecule has 4 aliphatic rings. The topological polar surface area (TPSA) is 30.9 Å². The Balaban J connectivity index is 1.70. The summed E-state index contributed by atoms with van der Waals surface area (Å²) in [4.78, 5) is 2.69. The maximum atomic E-state index is 5.75. The Morgan fingerprint density at radius 3 is 2.87 bits per heavy atom. The van der Waals surface area contributed by atoms with Crippen LogP contribution >= 0.6 is 0 Å². The van der Waals surface area contributed by atoms with Crippen molar-refractivity contribution in [2.45, 2.75) is 37.6 Å². The van der Waals surface area contributed by atoms with Crippen LogP contribution in [0.25, 0.3) is 0 Å². The summed E-state index contributed by atoms with van der Waals surface area (Å²) in [6.45, 7) is 4.96. The minimum Gasteiger partial charge on any atom is -0.501 e. The van der Waals surface area contributed by atoms with E-state index in [1.807, 2.05) is 7.11 Å². The second kappa shape index (κ2) is 4.67.